The third-order valence-electron chi connectivity index (χ3n) is 5.65. The van der Waals surface area contributed by atoms with Crippen molar-refractivity contribution in [2.75, 3.05) is 50.1 Å². The van der Waals surface area contributed by atoms with Crippen molar-refractivity contribution < 1.29 is 9.32 Å². The van der Waals surface area contributed by atoms with Crippen LogP contribution in [0.5, 0.6) is 0 Å². The predicted octanol–water partition coefficient (Wildman–Crippen LogP) is 3.50. The van der Waals surface area contributed by atoms with Crippen LogP contribution in [0.15, 0.2) is 47.1 Å². The Labute approximate surface area is 188 Å². The van der Waals surface area contributed by atoms with Gasteiger partial charge < -0.3 is 19.2 Å². The van der Waals surface area contributed by atoms with E-state index in [9.17, 15) is 4.79 Å². The van der Waals surface area contributed by atoms with Crippen LogP contribution >= 0.6 is 0 Å². The van der Waals surface area contributed by atoms with Crippen molar-refractivity contribution in [3.8, 4) is 11.5 Å². The molecule has 32 heavy (non-hydrogen) atoms. The van der Waals surface area contributed by atoms with Crippen LogP contribution in [0, 0.1) is 0 Å². The topological polar surface area (TPSA) is 78.6 Å². The summed E-state index contributed by atoms with van der Waals surface area (Å²) in [7, 11) is 3.96. The summed E-state index contributed by atoms with van der Waals surface area (Å²) < 4.78 is 5.52. The zero-order chi connectivity index (χ0) is 22.5. The number of hydrogen-bond acceptors (Lipinski definition) is 7. The Hall–Kier alpha value is -3.42. The molecule has 3 heterocycles. The molecule has 1 aliphatic rings. The maximum absolute atomic E-state index is 13.2. The fourth-order valence-corrected chi connectivity index (χ4v) is 3.94. The number of carbonyl (C=O) groups is 1. The lowest BCUT2D eigenvalue weighted by Crippen LogP contribution is -2.35. The number of pyridine rings is 1. The van der Waals surface area contributed by atoms with Gasteiger partial charge in [0.05, 0.1) is 5.56 Å². The van der Waals surface area contributed by atoms with E-state index in [-0.39, 0.29) is 5.91 Å². The summed E-state index contributed by atoms with van der Waals surface area (Å²) in [6.45, 7) is 4.93. The fourth-order valence-electron chi connectivity index (χ4n) is 3.94. The highest BCUT2D eigenvalue weighted by Gasteiger charge is 2.24. The Bertz CT molecular complexity index is 1060. The van der Waals surface area contributed by atoms with Crippen molar-refractivity contribution in [1.29, 1.82) is 0 Å². The van der Waals surface area contributed by atoms with Crippen molar-refractivity contribution in [1.82, 2.24) is 20.0 Å². The molecule has 1 fully saturated rings. The van der Waals surface area contributed by atoms with Crippen LogP contribution in [-0.4, -0.2) is 66.2 Å². The summed E-state index contributed by atoms with van der Waals surface area (Å²) in [6.07, 6.45) is 4.39. The first-order valence-corrected chi connectivity index (χ1v) is 11.2. The number of nitrogens with zero attached hydrogens (tertiary/aromatic N) is 6. The second-order valence-corrected chi connectivity index (χ2v) is 8.22. The average molecular weight is 435 g/mol. The molecule has 0 unspecified atom stereocenters. The molecular weight excluding hydrogens is 404 g/mol. The van der Waals surface area contributed by atoms with Crippen molar-refractivity contribution in [2.45, 2.75) is 26.2 Å². The first-order chi connectivity index (χ1) is 15.6. The van der Waals surface area contributed by atoms with E-state index < -0.39 is 0 Å². The lowest BCUT2D eigenvalue weighted by atomic mass is 10.1. The van der Waals surface area contributed by atoms with Crippen molar-refractivity contribution in [3.63, 3.8) is 0 Å². The monoisotopic (exact) mass is 434 g/mol. The maximum Gasteiger partial charge on any atom is 0.261 e. The molecule has 0 saturated carbocycles. The first-order valence-electron chi connectivity index (χ1n) is 11.2. The largest absolute Gasteiger partial charge is 0.378 e. The van der Waals surface area contributed by atoms with Gasteiger partial charge in [-0.05, 0) is 43.2 Å². The van der Waals surface area contributed by atoms with Crippen LogP contribution in [0.25, 0.3) is 11.5 Å². The minimum Gasteiger partial charge on any atom is -0.378 e. The van der Waals surface area contributed by atoms with E-state index in [4.69, 9.17) is 4.52 Å². The molecule has 2 aromatic heterocycles. The SMILES string of the molecule is CCCc1noc(-c2cccnc2N2CCCN(C(=O)c3cccc(N(C)C)c3)CC2)n1. The van der Waals surface area contributed by atoms with E-state index in [1.165, 1.54) is 0 Å². The number of anilines is 2. The Balaban J connectivity index is 1.50. The highest BCUT2D eigenvalue weighted by atomic mass is 16.5. The summed E-state index contributed by atoms with van der Waals surface area (Å²) >= 11 is 0. The number of carbonyl (C=O) groups excluding carboxylic acids is 1. The van der Waals surface area contributed by atoms with Gasteiger partial charge >= 0.3 is 0 Å². The van der Waals surface area contributed by atoms with Gasteiger partial charge in [0.1, 0.15) is 5.82 Å². The van der Waals surface area contributed by atoms with E-state index >= 15 is 0 Å². The second kappa shape index (κ2) is 9.80. The van der Waals surface area contributed by atoms with Crippen molar-refractivity contribution in [2.24, 2.45) is 0 Å². The molecule has 3 aromatic rings. The number of benzene rings is 1. The quantitative estimate of drug-likeness (QED) is 0.587. The van der Waals surface area contributed by atoms with Crippen LogP contribution in [0.3, 0.4) is 0 Å². The minimum atomic E-state index is 0.0675. The zero-order valence-corrected chi connectivity index (χ0v) is 19.0. The molecule has 1 aliphatic heterocycles. The van der Waals surface area contributed by atoms with Gasteiger partial charge in [0.25, 0.3) is 11.8 Å². The molecule has 0 atom stereocenters. The van der Waals surface area contributed by atoms with Crippen LogP contribution < -0.4 is 9.80 Å². The van der Waals surface area contributed by atoms with Gasteiger partial charge in [-0.2, -0.15) is 4.98 Å². The second-order valence-electron chi connectivity index (χ2n) is 8.22. The molecular formula is C24H30N6O2. The molecule has 1 amide bonds. The first kappa shape index (κ1) is 21.8. The molecule has 1 aromatic carbocycles. The van der Waals surface area contributed by atoms with E-state index in [1.807, 2.05) is 60.3 Å². The van der Waals surface area contributed by atoms with E-state index in [0.29, 0.717) is 31.3 Å². The van der Waals surface area contributed by atoms with E-state index in [0.717, 1.165) is 48.4 Å². The van der Waals surface area contributed by atoms with Crippen LogP contribution in [0.2, 0.25) is 0 Å². The summed E-state index contributed by atoms with van der Waals surface area (Å²) in [5.74, 6) is 2.10. The number of rotatable bonds is 6. The van der Waals surface area contributed by atoms with Gasteiger partial charge in [0, 0.05) is 64.1 Å². The number of amides is 1. The van der Waals surface area contributed by atoms with Crippen molar-refractivity contribution in [3.05, 3.63) is 54.0 Å². The highest BCUT2D eigenvalue weighted by molar-refractivity contribution is 5.95. The molecule has 0 N–H and O–H groups in total. The molecule has 8 nitrogen and oxygen atoms in total. The van der Waals surface area contributed by atoms with Gasteiger partial charge in [-0.1, -0.05) is 18.1 Å². The minimum absolute atomic E-state index is 0.0675. The van der Waals surface area contributed by atoms with Gasteiger partial charge in [0.15, 0.2) is 5.82 Å². The molecule has 168 valence electrons. The summed E-state index contributed by atoms with van der Waals surface area (Å²) in [5, 5.41) is 4.09. The smallest absolute Gasteiger partial charge is 0.261 e. The van der Waals surface area contributed by atoms with Gasteiger partial charge in [-0.25, -0.2) is 4.98 Å². The van der Waals surface area contributed by atoms with Crippen LogP contribution in [0.1, 0.15) is 35.9 Å². The van der Waals surface area contributed by atoms with Gasteiger partial charge in [-0.15, -0.1) is 0 Å². The molecule has 0 radical (unpaired) electrons. The van der Waals surface area contributed by atoms with Crippen LogP contribution in [-0.2, 0) is 6.42 Å². The predicted molar refractivity (Wildman–Crippen MR) is 125 cm³/mol. The zero-order valence-electron chi connectivity index (χ0n) is 19.0. The van der Waals surface area contributed by atoms with Gasteiger partial charge in [-0.3, -0.25) is 4.79 Å². The van der Waals surface area contributed by atoms with E-state index in [2.05, 4.69) is 26.9 Å². The highest BCUT2D eigenvalue weighted by Crippen LogP contribution is 2.28. The Kier molecular flexibility index (Phi) is 6.68. The Morgan fingerprint density at radius 2 is 2.00 bits per heavy atom. The Morgan fingerprint density at radius 3 is 2.81 bits per heavy atom. The molecule has 0 spiro atoms. The normalized spacial score (nSPS) is 14.3. The summed E-state index contributed by atoms with van der Waals surface area (Å²) in [6, 6.07) is 11.6. The lowest BCUT2D eigenvalue weighted by Gasteiger charge is -2.24. The van der Waals surface area contributed by atoms with Crippen LogP contribution in [0.4, 0.5) is 11.5 Å². The molecule has 8 heteroatoms. The number of hydrogen-bond donors (Lipinski definition) is 0. The average Bonchev–Trinajstić information content (AvgIpc) is 3.14. The molecule has 4 rings (SSSR count). The standard InChI is InChI=1S/C24H30N6O2/c1-4-8-21-26-23(32-27-21)20-11-6-12-25-22(20)29-13-7-14-30(16-15-29)24(31)18-9-5-10-19(17-18)28(2)3/h5-6,9-12,17H,4,7-8,13-16H2,1-3H3. The van der Waals surface area contributed by atoms with E-state index in [1.54, 1.807) is 6.20 Å². The van der Waals surface area contributed by atoms with Gasteiger partial charge in [0.2, 0.25) is 0 Å². The molecule has 0 bridgehead atoms. The summed E-state index contributed by atoms with van der Waals surface area (Å²) in [4.78, 5) is 28.5. The lowest BCUT2D eigenvalue weighted by molar-refractivity contribution is 0.0767. The summed E-state index contributed by atoms with van der Waals surface area (Å²) in [5.41, 5.74) is 2.57. The molecule has 1 saturated heterocycles. The third-order valence-corrected chi connectivity index (χ3v) is 5.65. The fraction of sp³-hybridized carbons (Fsp3) is 0.417. The van der Waals surface area contributed by atoms with Crippen molar-refractivity contribution >= 4 is 17.4 Å². The third kappa shape index (κ3) is 4.74. The number of aryl methyl sites for hydroxylation is 1. The maximum atomic E-state index is 13.2. The Morgan fingerprint density at radius 1 is 1.12 bits per heavy atom. The number of aromatic nitrogens is 3. The molecule has 0 aliphatic carbocycles.